The molecule has 1 aliphatic rings. The van der Waals surface area contributed by atoms with E-state index >= 15 is 0 Å². The fourth-order valence-electron chi connectivity index (χ4n) is 2.56. The number of nitrogens with zero attached hydrogens (tertiary/aromatic N) is 2. The molecule has 0 unspecified atom stereocenters. The third-order valence-electron chi connectivity index (χ3n) is 4.28. The fourth-order valence-corrected chi connectivity index (χ4v) is 2.56. The van der Waals surface area contributed by atoms with E-state index < -0.39 is 0 Å². The van der Waals surface area contributed by atoms with E-state index in [2.05, 4.69) is 4.98 Å². The van der Waals surface area contributed by atoms with Gasteiger partial charge in [-0.2, -0.15) is 0 Å². The highest BCUT2D eigenvalue weighted by molar-refractivity contribution is 5.76. The van der Waals surface area contributed by atoms with Gasteiger partial charge >= 0.3 is 0 Å². The zero-order valence-corrected chi connectivity index (χ0v) is 11.6. The Labute approximate surface area is 115 Å². The van der Waals surface area contributed by atoms with E-state index in [4.69, 9.17) is 5.73 Å². The van der Waals surface area contributed by atoms with E-state index in [-0.39, 0.29) is 11.3 Å². The number of hydrogen-bond donors (Lipinski definition) is 1. The summed E-state index contributed by atoms with van der Waals surface area (Å²) < 4.78 is 0. The summed E-state index contributed by atoms with van der Waals surface area (Å²) in [5, 5.41) is 0. The summed E-state index contributed by atoms with van der Waals surface area (Å²) in [5.74, 6) is 0.221. The Morgan fingerprint density at radius 3 is 2.63 bits per heavy atom. The first-order chi connectivity index (χ1) is 9.15. The molecular formula is C15H23N3O. The lowest BCUT2D eigenvalue weighted by Gasteiger charge is -2.41. The Balaban J connectivity index is 1.79. The van der Waals surface area contributed by atoms with Crippen LogP contribution in [-0.4, -0.2) is 35.9 Å². The van der Waals surface area contributed by atoms with Crippen LogP contribution in [0.15, 0.2) is 24.5 Å². The molecule has 2 N–H and O–H groups in total. The minimum Gasteiger partial charge on any atom is -0.345 e. The van der Waals surface area contributed by atoms with Crippen LogP contribution < -0.4 is 5.73 Å². The first kappa shape index (κ1) is 14.0. The van der Waals surface area contributed by atoms with Crippen molar-refractivity contribution in [2.24, 2.45) is 11.1 Å². The lowest BCUT2D eigenvalue weighted by atomic mass is 9.66. The van der Waals surface area contributed by atoms with Crippen LogP contribution in [0.4, 0.5) is 0 Å². The molecule has 1 amide bonds. The molecule has 0 aromatic carbocycles. The maximum atomic E-state index is 12.2. The normalized spacial score (nSPS) is 16.7. The van der Waals surface area contributed by atoms with Gasteiger partial charge in [-0.05, 0) is 48.9 Å². The van der Waals surface area contributed by atoms with Crippen molar-refractivity contribution in [3.63, 3.8) is 0 Å². The van der Waals surface area contributed by atoms with Gasteiger partial charge in [-0.1, -0.05) is 6.42 Å². The molecule has 1 aromatic rings. The topological polar surface area (TPSA) is 59.2 Å². The number of carbonyl (C=O) groups excluding carboxylic acids is 1. The number of aromatic nitrogens is 1. The van der Waals surface area contributed by atoms with Crippen molar-refractivity contribution < 1.29 is 4.79 Å². The molecule has 2 rings (SSSR count). The molecule has 0 bridgehead atoms. The monoisotopic (exact) mass is 261 g/mol. The second-order valence-corrected chi connectivity index (χ2v) is 5.66. The summed E-state index contributed by atoms with van der Waals surface area (Å²) >= 11 is 0. The van der Waals surface area contributed by atoms with Gasteiger partial charge in [0.1, 0.15) is 0 Å². The average molecular weight is 261 g/mol. The van der Waals surface area contributed by atoms with Gasteiger partial charge in [0.05, 0.1) is 0 Å². The van der Waals surface area contributed by atoms with E-state index in [1.54, 1.807) is 12.4 Å². The number of carbonyl (C=O) groups is 1. The smallest absolute Gasteiger partial charge is 0.222 e. The van der Waals surface area contributed by atoms with Gasteiger partial charge < -0.3 is 10.6 Å². The van der Waals surface area contributed by atoms with Crippen molar-refractivity contribution in [3.05, 3.63) is 30.1 Å². The van der Waals surface area contributed by atoms with E-state index in [1.807, 2.05) is 24.1 Å². The predicted molar refractivity (Wildman–Crippen MR) is 75.5 cm³/mol. The van der Waals surface area contributed by atoms with Gasteiger partial charge in [0.2, 0.25) is 5.91 Å². The molecule has 0 saturated heterocycles. The highest BCUT2D eigenvalue weighted by Gasteiger charge is 2.38. The van der Waals surface area contributed by atoms with Gasteiger partial charge in [0, 0.05) is 32.4 Å². The Bertz CT molecular complexity index is 409. The van der Waals surface area contributed by atoms with Crippen molar-refractivity contribution >= 4 is 5.91 Å². The van der Waals surface area contributed by atoms with Gasteiger partial charge in [-0.25, -0.2) is 0 Å². The fraction of sp³-hybridized carbons (Fsp3) is 0.600. The molecule has 1 fully saturated rings. The third-order valence-corrected chi connectivity index (χ3v) is 4.28. The van der Waals surface area contributed by atoms with Crippen molar-refractivity contribution in [2.75, 3.05) is 20.1 Å². The second-order valence-electron chi connectivity index (χ2n) is 5.66. The second kappa shape index (κ2) is 6.15. The lowest BCUT2D eigenvalue weighted by molar-refractivity contribution is -0.133. The summed E-state index contributed by atoms with van der Waals surface area (Å²) in [4.78, 5) is 18.0. The van der Waals surface area contributed by atoms with Crippen LogP contribution in [0.2, 0.25) is 0 Å². The summed E-state index contributed by atoms with van der Waals surface area (Å²) in [5.41, 5.74) is 7.12. The molecule has 1 saturated carbocycles. The number of nitrogens with two attached hydrogens (primary N) is 1. The Morgan fingerprint density at radius 2 is 2.11 bits per heavy atom. The largest absolute Gasteiger partial charge is 0.345 e. The van der Waals surface area contributed by atoms with E-state index in [0.29, 0.717) is 13.0 Å². The SMILES string of the molecule is CN(CCc1ccncc1)C(=O)CC1(CN)CCC1. The van der Waals surface area contributed by atoms with Crippen LogP contribution in [0.3, 0.4) is 0 Å². The highest BCUT2D eigenvalue weighted by Crippen LogP contribution is 2.43. The van der Waals surface area contributed by atoms with Crippen molar-refractivity contribution in [3.8, 4) is 0 Å². The summed E-state index contributed by atoms with van der Waals surface area (Å²) in [7, 11) is 1.88. The Kier molecular flexibility index (Phi) is 4.53. The third kappa shape index (κ3) is 3.53. The van der Waals surface area contributed by atoms with E-state index in [1.165, 1.54) is 12.0 Å². The molecule has 19 heavy (non-hydrogen) atoms. The summed E-state index contributed by atoms with van der Waals surface area (Å²) in [6.45, 7) is 1.39. The van der Waals surface area contributed by atoms with Crippen molar-refractivity contribution in [1.29, 1.82) is 0 Å². The van der Waals surface area contributed by atoms with Gasteiger partial charge in [-0.3, -0.25) is 9.78 Å². The van der Waals surface area contributed by atoms with Gasteiger partial charge in [0.15, 0.2) is 0 Å². The molecule has 0 spiro atoms. The molecule has 1 heterocycles. The number of likely N-dealkylation sites (N-methyl/N-ethyl adjacent to an activating group) is 1. The minimum atomic E-state index is 0.0992. The lowest BCUT2D eigenvalue weighted by Crippen LogP contribution is -2.42. The van der Waals surface area contributed by atoms with E-state index in [9.17, 15) is 4.79 Å². The number of rotatable bonds is 6. The van der Waals surface area contributed by atoms with Crippen molar-refractivity contribution in [2.45, 2.75) is 32.1 Å². The first-order valence-electron chi connectivity index (χ1n) is 6.98. The summed E-state index contributed by atoms with van der Waals surface area (Å²) in [6.07, 6.45) is 8.48. The number of hydrogen-bond acceptors (Lipinski definition) is 3. The van der Waals surface area contributed by atoms with Gasteiger partial charge in [-0.15, -0.1) is 0 Å². The quantitative estimate of drug-likeness (QED) is 0.846. The molecule has 1 aliphatic carbocycles. The zero-order chi connectivity index (χ0) is 13.7. The van der Waals surface area contributed by atoms with Crippen LogP contribution in [0.5, 0.6) is 0 Å². The van der Waals surface area contributed by atoms with Gasteiger partial charge in [0.25, 0.3) is 0 Å². The maximum Gasteiger partial charge on any atom is 0.222 e. The maximum absolute atomic E-state index is 12.2. The van der Waals surface area contributed by atoms with Crippen LogP contribution in [0.25, 0.3) is 0 Å². The van der Waals surface area contributed by atoms with Crippen LogP contribution in [-0.2, 0) is 11.2 Å². The predicted octanol–water partition coefficient (Wildman–Crippen LogP) is 1.60. The molecule has 0 aliphatic heterocycles. The number of amides is 1. The van der Waals surface area contributed by atoms with Crippen molar-refractivity contribution in [1.82, 2.24) is 9.88 Å². The molecule has 4 nitrogen and oxygen atoms in total. The first-order valence-corrected chi connectivity index (χ1v) is 6.98. The zero-order valence-electron chi connectivity index (χ0n) is 11.6. The number of pyridine rings is 1. The molecule has 1 aromatic heterocycles. The van der Waals surface area contributed by atoms with E-state index in [0.717, 1.165) is 25.8 Å². The summed E-state index contributed by atoms with van der Waals surface area (Å²) in [6, 6.07) is 3.98. The Morgan fingerprint density at radius 1 is 1.42 bits per heavy atom. The molecule has 0 atom stereocenters. The average Bonchev–Trinajstić information content (AvgIpc) is 2.41. The Hall–Kier alpha value is -1.42. The minimum absolute atomic E-state index is 0.0992. The van der Waals surface area contributed by atoms with Crippen LogP contribution in [0.1, 0.15) is 31.2 Å². The standard InChI is InChI=1S/C15H23N3O/c1-18(10-5-13-3-8-17-9-4-13)14(19)11-15(12-16)6-2-7-15/h3-4,8-9H,2,5-7,10-12,16H2,1H3. The molecular weight excluding hydrogens is 238 g/mol. The van der Waals surface area contributed by atoms with Crippen LogP contribution >= 0.6 is 0 Å². The van der Waals surface area contributed by atoms with Crippen LogP contribution in [0, 0.1) is 5.41 Å². The molecule has 0 radical (unpaired) electrons. The highest BCUT2D eigenvalue weighted by atomic mass is 16.2. The molecule has 4 heteroatoms. The molecule has 104 valence electrons.